The van der Waals surface area contributed by atoms with Gasteiger partial charge in [-0.15, -0.1) is 0 Å². The predicted molar refractivity (Wildman–Crippen MR) is 97.9 cm³/mol. The second-order valence-electron chi connectivity index (χ2n) is 6.38. The van der Waals surface area contributed by atoms with Crippen LogP contribution in [0, 0.1) is 6.92 Å². The number of hydrogen-bond donors (Lipinski definition) is 1. The molecule has 5 nitrogen and oxygen atoms in total. The number of hydrogen-bond acceptors (Lipinski definition) is 3. The van der Waals surface area contributed by atoms with Crippen molar-refractivity contribution < 1.29 is 4.79 Å². The summed E-state index contributed by atoms with van der Waals surface area (Å²) in [5.41, 5.74) is 6.02. The molecule has 1 heterocycles. The first kappa shape index (κ1) is 16.6. The summed E-state index contributed by atoms with van der Waals surface area (Å²) in [4.78, 5) is 15.0. The highest BCUT2D eigenvalue weighted by atomic mass is 16.2. The lowest BCUT2D eigenvalue weighted by atomic mass is 10.1. The second kappa shape index (κ2) is 6.67. The van der Waals surface area contributed by atoms with Crippen LogP contribution in [0.3, 0.4) is 0 Å². The lowest BCUT2D eigenvalue weighted by molar-refractivity contribution is 0.102. The van der Waals surface area contributed by atoms with E-state index in [-0.39, 0.29) is 5.91 Å². The fraction of sp³-hybridized carbons (Fsp3) is 0.474. The fourth-order valence-electron chi connectivity index (χ4n) is 3.55. The third kappa shape index (κ3) is 2.90. The van der Waals surface area contributed by atoms with Gasteiger partial charge in [0.2, 0.25) is 0 Å². The van der Waals surface area contributed by atoms with Crippen LogP contribution < -0.4 is 10.2 Å². The zero-order valence-electron chi connectivity index (χ0n) is 15.0. The number of carbonyl (C=O) groups excluding carboxylic acids is 1. The van der Waals surface area contributed by atoms with E-state index in [1.807, 2.05) is 24.7 Å². The summed E-state index contributed by atoms with van der Waals surface area (Å²) in [5.74, 6) is -0.104. The van der Waals surface area contributed by atoms with Gasteiger partial charge in [-0.3, -0.25) is 9.48 Å². The van der Waals surface area contributed by atoms with E-state index in [9.17, 15) is 4.79 Å². The van der Waals surface area contributed by atoms with Gasteiger partial charge in [0.05, 0.1) is 0 Å². The number of carbonyl (C=O) groups is 1. The Kier molecular flexibility index (Phi) is 4.60. The van der Waals surface area contributed by atoms with Gasteiger partial charge in [0.1, 0.15) is 0 Å². The van der Waals surface area contributed by atoms with Gasteiger partial charge in [-0.05, 0) is 63.8 Å². The molecule has 3 rings (SSSR count). The van der Waals surface area contributed by atoms with Crippen LogP contribution in [0.1, 0.15) is 47.6 Å². The molecule has 0 unspecified atom stereocenters. The van der Waals surface area contributed by atoms with Crippen molar-refractivity contribution in [2.75, 3.05) is 23.3 Å². The van der Waals surface area contributed by atoms with Gasteiger partial charge in [0.15, 0.2) is 5.69 Å². The quantitative estimate of drug-likeness (QED) is 0.917. The number of rotatable bonds is 5. The Morgan fingerprint density at radius 2 is 2.04 bits per heavy atom. The molecule has 0 aliphatic heterocycles. The molecule has 1 aromatic carbocycles. The molecule has 24 heavy (non-hydrogen) atoms. The molecule has 2 aromatic rings. The highest BCUT2D eigenvalue weighted by Crippen LogP contribution is 2.27. The van der Waals surface area contributed by atoms with Gasteiger partial charge in [0, 0.05) is 42.8 Å². The number of aryl methyl sites for hydroxylation is 2. The van der Waals surface area contributed by atoms with E-state index in [1.54, 1.807) is 0 Å². The van der Waals surface area contributed by atoms with Crippen LogP contribution in [0.15, 0.2) is 18.2 Å². The summed E-state index contributed by atoms with van der Waals surface area (Å²) < 4.78 is 1.85. The highest BCUT2D eigenvalue weighted by Gasteiger charge is 2.25. The predicted octanol–water partition coefficient (Wildman–Crippen LogP) is 3.32. The molecule has 0 spiro atoms. The molecule has 0 saturated carbocycles. The third-order valence-corrected chi connectivity index (χ3v) is 4.92. The van der Waals surface area contributed by atoms with Crippen molar-refractivity contribution in [2.24, 2.45) is 7.05 Å². The molecule has 1 aliphatic rings. The van der Waals surface area contributed by atoms with Crippen LogP contribution in [-0.4, -0.2) is 28.8 Å². The van der Waals surface area contributed by atoms with E-state index in [4.69, 9.17) is 0 Å². The zero-order chi connectivity index (χ0) is 17.3. The first-order chi connectivity index (χ1) is 11.5. The molecule has 1 amide bonds. The van der Waals surface area contributed by atoms with Crippen LogP contribution in [0.2, 0.25) is 0 Å². The van der Waals surface area contributed by atoms with Gasteiger partial charge in [0.25, 0.3) is 5.91 Å². The van der Waals surface area contributed by atoms with Gasteiger partial charge in [-0.2, -0.15) is 5.10 Å². The zero-order valence-corrected chi connectivity index (χ0v) is 15.0. The Morgan fingerprint density at radius 3 is 2.71 bits per heavy atom. The van der Waals surface area contributed by atoms with Crippen molar-refractivity contribution in [1.29, 1.82) is 0 Å². The summed E-state index contributed by atoms with van der Waals surface area (Å²) in [6.07, 6.45) is 3.08. The lowest BCUT2D eigenvalue weighted by Gasteiger charge is -2.22. The van der Waals surface area contributed by atoms with Crippen molar-refractivity contribution in [3.05, 3.63) is 40.7 Å². The molecule has 0 radical (unpaired) electrons. The fourth-order valence-corrected chi connectivity index (χ4v) is 3.55. The Bertz CT molecular complexity index is 759. The first-order valence-corrected chi connectivity index (χ1v) is 8.76. The molecule has 0 atom stereocenters. The van der Waals surface area contributed by atoms with Gasteiger partial charge in [-0.1, -0.05) is 0 Å². The molecule has 1 N–H and O–H groups in total. The SMILES string of the molecule is CCN(CC)c1ccc(NC(=O)c2nn(C)c3c2CCC3)c(C)c1. The van der Waals surface area contributed by atoms with Crippen LogP contribution >= 0.6 is 0 Å². The van der Waals surface area contributed by atoms with E-state index < -0.39 is 0 Å². The number of benzene rings is 1. The lowest BCUT2D eigenvalue weighted by Crippen LogP contribution is -2.22. The molecule has 0 saturated heterocycles. The number of fused-ring (bicyclic) bond motifs is 1. The third-order valence-electron chi connectivity index (χ3n) is 4.92. The molecule has 0 bridgehead atoms. The molecule has 1 aliphatic carbocycles. The maximum Gasteiger partial charge on any atom is 0.276 e. The number of amides is 1. The van der Waals surface area contributed by atoms with Gasteiger partial charge >= 0.3 is 0 Å². The van der Waals surface area contributed by atoms with Gasteiger partial charge < -0.3 is 10.2 Å². The number of nitrogens with zero attached hydrogens (tertiary/aromatic N) is 3. The molecule has 5 heteroatoms. The minimum Gasteiger partial charge on any atom is -0.372 e. The van der Waals surface area contributed by atoms with Crippen molar-refractivity contribution in [3.8, 4) is 0 Å². The average molecular weight is 326 g/mol. The second-order valence-corrected chi connectivity index (χ2v) is 6.38. The van der Waals surface area contributed by atoms with E-state index in [1.165, 1.54) is 11.4 Å². The molecular weight excluding hydrogens is 300 g/mol. The van der Waals surface area contributed by atoms with Crippen LogP contribution in [0.25, 0.3) is 0 Å². The van der Waals surface area contributed by atoms with E-state index in [0.717, 1.165) is 49.2 Å². The Morgan fingerprint density at radius 1 is 1.29 bits per heavy atom. The Balaban J connectivity index is 1.81. The molecule has 0 fully saturated rings. The summed E-state index contributed by atoms with van der Waals surface area (Å²) in [6.45, 7) is 8.28. The number of anilines is 2. The standard InChI is InChI=1S/C19H26N4O/c1-5-23(6-2)14-10-11-16(13(3)12-14)20-19(24)18-15-8-7-9-17(15)22(4)21-18/h10-12H,5-9H2,1-4H3,(H,20,24). The van der Waals surface area contributed by atoms with Crippen molar-refractivity contribution >= 4 is 17.3 Å². The normalized spacial score (nSPS) is 13.0. The summed E-state index contributed by atoms with van der Waals surface area (Å²) >= 11 is 0. The maximum atomic E-state index is 12.7. The first-order valence-electron chi connectivity index (χ1n) is 8.76. The largest absolute Gasteiger partial charge is 0.372 e. The average Bonchev–Trinajstić information content (AvgIpc) is 3.15. The molecule has 128 valence electrons. The monoisotopic (exact) mass is 326 g/mol. The van der Waals surface area contributed by atoms with Gasteiger partial charge in [-0.25, -0.2) is 0 Å². The summed E-state index contributed by atoms with van der Waals surface area (Å²) in [5, 5.41) is 7.47. The topological polar surface area (TPSA) is 50.2 Å². The maximum absolute atomic E-state index is 12.7. The summed E-state index contributed by atoms with van der Waals surface area (Å²) in [7, 11) is 1.92. The summed E-state index contributed by atoms with van der Waals surface area (Å²) in [6, 6.07) is 6.19. The van der Waals surface area contributed by atoms with Crippen molar-refractivity contribution in [1.82, 2.24) is 9.78 Å². The molecular formula is C19H26N4O. The highest BCUT2D eigenvalue weighted by molar-refractivity contribution is 6.04. The Labute approximate surface area is 143 Å². The van der Waals surface area contributed by atoms with Crippen LogP contribution in [0.5, 0.6) is 0 Å². The van der Waals surface area contributed by atoms with Crippen molar-refractivity contribution in [3.63, 3.8) is 0 Å². The minimum atomic E-state index is -0.104. The van der Waals surface area contributed by atoms with E-state index in [0.29, 0.717) is 5.69 Å². The van der Waals surface area contributed by atoms with Crippen LogP contribution in [-0.2, 0) is 19.9 Å². The van der Waals surface area contributed by atoms with Crippen LogP contribution in [0.4, 0.5) is 11.4 Å². The van der Waals surface area contributed by atoms with E-state index in [2.05, 4.69) is 41.3 Å². The smallest absolute Gasteiger partial charge is 0.276 e. The minimum absolute atomic E-state index is 0.104. The van der Waals surface area contributed by atoms with E-state index >= 15 is 0 Å². The molecule has 1 aromatic heterocycles. The Hall–Kier alpha value is -2.30. The van der Waals surface area contributed by atoms with Crippen molar-refractivity contribution in [2.45, 2.75) is 40.0 Å². The number of aromatic nitrogens is 2. The number of nitrogens with one attached hydrogen (secondary N) is 1.